The highest BCUT2D eigenvalue weighted by Gasteiger charge is 2.10. The summed E-state index contributed by atoms with van der Waals surface area (Å²) in [6.07, 6.45) is 0. The molecule has 98 valence electrons. The summed E-state index contributed by atoms with van der Waals surface area (Å²) < 4.78 is 13.0. The number of phenolic OH excluding ortho intramolecular Hbond substituents is 2. The number of aromatic hydroxyl groups is 2. The minimum absolute atomic E-state index is 0.105. The Hall–Kier alpha value is -2.27. The topological polar surface area (TPSA) is 69.6 Å². The van der Waals surface area contributed by atoms with E-state index in [2.05, 4.69) is 5.32 Å². The Morgan fingerprint density at radius 2 is 1.84 bits per heavy atom. The van der Waals surface area contributed by atoms with Crippen molar-refractivity contribution in [3.8, 4) is 11.5 Å². The first kappa shape index (κ1) is 13.2. The van der Waals surface area contributed by atoms with Gasteiger partial charge in [0, 0.05) is 11.3 Å². The van der Waals surface area contributed by atoms with Crippen LogP contribution >= 0.6 is 11.6 Å². The summed E-state index contributed by atoms with van der Waals surface area (Å²) in [6, 6.07) is 7.42. The molecule has 6 heteroatoms. The van der Waals surface area contributed by atoms with Crippen LogP contribution in [0.3, 0.4) is 0 Å². The van der Waals surface area contributed by atoms with E-state index in [1.807, 2.05) is 0 Å². The molecule has 3 N–H and O–H groups in total. The first-order valence-corrected chi connectivity index (χ1v) is 5.63. The molecule has 0 unspecified atom stereocenters. The maximum atomic E-state index is 13.0. The second-order valence-electron chi connectivity index (χ2n) is 3.79. The third kappa shape index (κ3) is 2.95. The molecule has 0 radical (unpaired) electrons. The Morgan fingerprint density at radius 1 is 1.11 bits per heavy atom. The van der Waals surface area contributed by atoms with Crippen LogP contribution in [0.2, 0.25) is 5.02 Å². The number of amides is 1. The Balaban J connectivity index is 2.20. The number of carbonyl (C=O) groups is 1. The first-order chi connectivity index (χ1) is 8.97. The molecule has 0 bridgehead atoms. The Bertz CT molecular complexity index is 646. The summed E-state index contributed by atoms with van der Waals surface area (Å²) in [5.41, 5.74) is 0.472. The molecule has 4 nitrogen and oxygen atoms in total. The van der Waals surface area contributed by atoms with Gasteiger partial charge in [-0.15, -0.1) is 0 Å². The number of anilines is 1. The number of phenols is 2. The van der Waals surface area contributed by atoms with Gasteiger partial charge in [0.25, 0.3) is 5.91 Å². The van der Waals surface area contributed by atoms with E-state index in [9.17, 15) is 14.3 Å². The Kier molecular flexibility index (Phi) is 3.57. The molecule has 0 saturated carbocycles. The quantitative estimate of drug-likeness (QED) is 0.741. The molecule has 0 aromatic heterocycles. The summed E-state index contributed by atoms with van der Waals surface area (Å²) in [6.45, 7) is 0. The van der Waals surface area contributed by atoms with Crippen molar-refractivity contribution in [3.63, 3.8) is 0 Å². The van der Waals surface area contributed by atoms with Gasteiger partial charge >= 0.3 is 0 Å². The number of hydrogen-bond acceptors (Lipinski definition) is 3. The van der Waals surface area contributed by atoms with E-state index < -0.39 is 17.5 Å². The van der Waals surface area contributed by atoms with Crippen molar-refractivity contribution in [3.05, 3.63) is 52.8 Å². The fourth-order valence-corrected chi connectivity index (χ4v) is 1.62. The van der Waals surface area contributed by atoms with Gasteiger partial charge in [0.15, 0.2) is 11.5 Å². The highest BCUT2D eigenvalue weighted by Crippen LogP contribution is 2.25. The molecule has 0 saturated heterocycles. The first-order valence-electron chi connectivity index (χ1n) is 5.26. The lowest BCUT2D eigenvalue weighted by atomic mass is 10.2. The minimum atomic E-state index is -0.582. The maximum absolute atomic E-state index is 13.0. The van der Waals surface area contributed by atoms with E-state index in [4.69, 9.17) is 16.7 Å². The van der Waals surface area contributed by atoms with Crippen LogP contribution in [-0.2, 0) is 0 Å². The predicted octanol–water partition coefficient (Wildman–Crippen LogP) is 3.14. The van der Waals surface area contributed by atoms with Crippen molar-refractivity contribution in [1.82, 2.24) is 0 Å². The van der Waals surface area contributed by atoms with Crippen molar-refractivity contribution in [2.75, 3.05) is 5.32 Å². The zero-order chi connectivity index (χ0) is 14.0. The van der Waals surface area contributed by atoms with Crippen molar-refractivity contribution in [2.45, 2.75) is 0 Å². The van der Waals surface area contributed by atoms with Crippen LogP contribution < -0.4 is 5.32 Å². The van der Waals surface area contributed by atoms with Gasteiger partial charge in [-0.25, -0.2) is 4.39 Å². The van der Waals surface area contributed by atoms with Gasteiger partial charge < -0.3 is 15.5 Å². The lowest BCUT2D eigenvalue weighted by molar-refractivity contribution is 0.102. The molecule has 0 aliphatic rings. The van der Waals surface area contributed by atoms with Crippen LogP contribution in [0.25, 0.3) is 0 Å². The Labute approximate surface area is 113 Å². The third-order valence-corrected chi connectivity index (χ3v) is 2.70. The summed E-state index contributed by atoms with van der Waals surface area (Å²) in [4.78, 5) is 11.8. The monoisotopic (exact) mass is 281 g/mol. The normalized spacial score (nSPS) is 10.2. The van der Waals surface area contributed by atoms with Crippen LogP contribution in [0.4, 0.5) is 10.1 Å². The molecular formula is C13H9ClFNO3. The van der Waals surface area contributed by atoms with E-state index in [1.54, 1.807) is 0 Å². The van der Waals surface area contributed by atoms with Crippen LogP contribution in [-0.4, -0.2) is 16.1 Å². The van der Waals surface area contributed by atoms with Crippen molar-refractivity contribution < 1.29 is 19.4 Å². The molecular weight excluding hydrogens is 273 g/mol. The zero-order valence-electron chi connectivity index (χ0n) is 9.52. The van der Waals surface area contributed by atoms with Crippen LogP contribution in [0, 0.1) is 5.82 Å². The van der Waals surface area contributed by atoms with Crippen LogP contribution in [0.5, 0.6) is 11.5 Å². The third-order valence-electron chi connectivity index (χ3n) is 2.42. The molecule has 19 heavy (non-hydrogen) atoms. The van der Waals surface area contributed by atoms with Crippen LogP contribution in [0.15, 0.2) is 36.4 Å². The predicted molar refractivity (Wildman–Crippen MR) is 69.1 cm³/mol. The van der Waals surface area contributed by atoms with Crippen molar-refractivity contribution >= 4 is 23.2 Å². The maximum Gasteiger partial charge on any atom is 0.255 e. The number of carbonyl (C=O) groups excluding carboxylic acids is 1. The summed E-state index contributed by atoms with van der Waals surface area (Å²) in [7, 11) is 0. The van der Waals surface area contributed by atoms with E-state index >= 15 is 0 Å². The van der Waals surface area contributed by atoms with Gasteiger partial charge in [-0.05, 0) is 36.4 Å². The molecule has 0 atom stereocenters. The lowest BCUT2D eigenvalue weighted by Crippen LogP contribution is -2.11. The van der Waals surface area contributed by atoms with Gasteiger partial charge in [0.1, 0.15) is 5.82 Å². The zero-order valence-corrected chi connectivity index (χ0v) is 10.3. The largest absolute Gasteiger partial charge is 0.504 e. The molecule has 0 aliphatic carbocycles. The molecule has 0 aliphatic heterocycles. The van der Waals surface area contributed by atoms with E-state index in [0.29, 0.717) is 5.69 Å². The van der Waals surface area contributed by atoms with Gasteiger partial charge in [0.05, 0.1) is 5.02 Å². The Morgan fingerprint density at radius 3 is 2.47 bits per heavy atom. The van der Waals surface area contributed by atoms with Crippen molar-refractivity contribution in [2.24, 2.45) is 0 Å². The number of halogens is 2. The molecule has 1 amide bonds. The second-order valence-corrected chi connectivity index (χ2v) is 4.19. The molecule has 0 fully saturated rings. The summed E-state index contributed by atoms with van der Waals surface area (Å²) in [5, 5.41) is 20.8. The lowest BCUT2D eigenvalue weighted by Gasteiger charge is -2.07. The smallest absolute Gasteiger partial charge is 0.255 e. The van der Waals surface area contributed by atoms with Gasteiger partial charge in [0.2, 0.25) is 0 Å². The molecule has 0 spiro atoms. The van der Waals surface area contributed by atoms with Gasteiger partial charge in [-0.3, -0.25) is 4.79 Å². The number of benzene rings is 2. The number of nitrogens with one attached hydrogen (secondary N) is 1. The molecule has 2 aromatic carbocycles. The number of hydrogen-bond donors (Lipinski definition) is 3. The summed E-state index contributed by atoms with van der Waals surface area (Å²) >= 11 is 5.59. The second kappa shape index (κ2) is 5.16. The van der Waals surface area contributed by atoms with E-state index in [-0.39, 0.29) is 16.3 Å². The average Bonchev–Trinajstić information content (AvgIpc) is 2.37. The number of rotatable bonds is 2. The fourth-order valence-electron chi connectivity index (χ4n) is 1.44. The fraction of sp³-hybridized carbons (Fsp3) is 0. The summed E-state index contributed by atoms with van der Waals surface area (Å²) in [5.74, 6) is -1.81. The standard InChI is InChI=1S/C13H9ClFNO3/c14-9-6-8(2-3-10(9)15)16-13(19)7-1-4-11(17)12(18)5-7/h1-6,17-18H,(H,16,19). The van der Waals surface area contributed by atoms with Crippen LogP contribution in [0.1, 0.15) is 10.4 Å². The van der Waals surface area contributed by atoms with Gasteiger partial charge in [-0.1, -0.05) is 11.6 Å². The highest BCUT2D eigenvalue weighted by molar-refractivity contribution is 6.31. The van der Waals surface area contributed by atoms with E-state index in [0.717, 1.165) is 12.1 Å². The minimum Gasteiger partial charge on any atom is -0.504 e. The molecule has 2 aromatic rings. The van der Waals surface area contributed by atoms with Gasteiger partial charge in [-0.2, -0.15) is 0 Å². The van der Waals surface area contributed by atoms with Crippen molar-refractivity contribution in [1.29, 1.82) is 0 Å². The highest BCUT2D eigenvalue weighted by atomic mass is 35.5. The molecule has 2 rings (SSSR count). The SMILES string of the molecule is O=C(Nc1ccc(F)c(Cl)c1)c1ccc(O)c(O)c1. The average molecular weight is 282 g/mol. The van der Waals surface area contributed by atoms with E-state index in [1.165, 1.54) is 24.3 Å². The molecule has 0 heterocycles.